The maximum Gasteiger partial charge on any atom is 0.298 e. The maximum absolute atomic E-state index is 11.1. The van der Waals surface area contributed by atoms with Crippen molar-refractivity contribution in [3.05, 3.63) is 24.3 Å². The van der Waals surface area contributed by atoms with Crippen molar-refractivity contribution in [2.75, 3.05) is 6.61 Å². The molecule has 0 aromatic heterocycles. The van der Waals surface area contributed by atoms with Crippen molar-refractivity contribution in [1.29, 1.82) is 0 Å². The summed E-state index contributed by atoms with van der Waals surface area (Å²) in [7, 11) is -4.30. The van der Waals surface area contributed by atoms with Crippen molar-refractivity contribution in [2.45, 2.75) is 50.8 Å². The summed E-state index contributed by atoms with van der Waals surface area (Å²) in [6.45, 7) is 4.81. The van der Waals surface area contributed by atoms with E-state index in [9.17, 15) is 8.42 Å². The number of rotatable bonds is 10. The zero-order chi connectivity index (χ0) is 15.7. The van der Waals surface area contributed by atoms with E-state index in [1.54, 1.807) is 6.07 Å². The molecule has 0 unspecified atom stereocenters. The van der Waals surface area contributed by atoms with Crippen LogP contribution in [0.2, 0.25) is 0 Å². The molecule has 0 saturated heterocycles. The van der Waals surface area contributed by atoms with Gasteiger partial charge in [-0.05, 0) is 24.5 Å². The lowest BCUT2D eigenvalue weighted by Crippen LogP contribution is -2.05. The predicted molar refractivity (Wildman–Crippen MR) is 80.8 cm³/mol. The lowest BCUT2D eigenvalue weighted by atomic mass is 10.0. The molecule has 21 heavy (non-hydrogen) atoms. The molecule has 6 heteroatoms. The molecule has 1 N–H and O–H groups in total. The molecule has 0 amide bonds. The van der Waals surface area contributed by atoms with Gasteiger partial charge < -0.3 is 4.89 Å². The van der Waals surface area contributed by atoms with Crippen LogP contribution in [-0.4, -0.2) is 19.6 Å². The molecule has 0 fully saturated rings. The fraction of sp³-hybridized carbons (Fsp3) is 0.600. The summed E-state index contributed by atoms with van der Waals surface area (Å²) in [5, 5.41) is 0. The molecule has 1 aromatic carbocycles. The van der Waals surface area contributed by atoms with Gasteiger partial charge in [-0.2, -0.15) is 13.3 Å². The molecule has 0 spiro atoms. The fourth-order valence-electron chi connectivity index (χ4n) is 1.90. The van der Waals surface area contributed by atoms with Crippen LogP contribution in [0.15, 0.2) is 29.2 Å². The van der Waals surface area contributed by atoms with E-state index in [1.165, 1.54) is 31.0 Å². The van der Waals surface area contributed by atoms with Gasteiger partial charge in [0.05, 0.1) is 6.61 Å². The number of para-hydroxylation sites is 1. The average molecular weight is 316 g/mol. The van der Waals surface area contributed by atoms with Gasteiger partial charge in [0.2, 0.25) is 0 Å². The summed E-state index contributed by atoms with van der Waals surface area (Å²) in [6.07, 6.45) is 5.51. The first-order valence-corrected chi connectivity index (χ1v) is 8.71. The monoisotopic (exact) mass is 316 g/mol. The lowest BCUT2D eigenvalue weighted by Gasteiger charge is -2.08. The van der Waals surface area contributed by atoms with E-state index >= 15 is 0 Å². The third-order valence-electron chi connectivity index (χ3n) is 3.03. The van der Waals surface area contributed by atoms with Crippen LogP contribution in [0.25, 0.3) is 0 Å². The molecule has 120 valence electrons. The summed E-state index contributed by atoms with van der Waals surface area (Å²) in [5.41, 5.74) is 0. The second-order valence-corrected chi connectivity index (χ2v) is 6.81. The van der Waals surface area contributed by atoms with Gasteiger partial charge in [-0.15, -0.1) is 0 Å². The van der Waals surface area contributed by atoms with Crippen LogP contribution in [0.3, 0.4) is 0 Å². The van der Waals surface area contributed by atoms with E-state index in [0.717, 1.165) is 25.2 Å². The van der Waals surface area contributed by atoms with Crippen LogP contribution in [0.4, 0.5) is 0 Å². The molecular formula is C15H24O5S. The quantitative estimate of drug-likeness (QED) is 0.307. The van der Waals surface area contributed by atoms with Gasteiger partial charge in [0.25, 0.3) is 10.1 Å². The molecule has 0 saturated carbocycles. The first kappa shape index (κ1) is 17.9. The van der Waals surface area contributed by atoms with Crippen LogP contribution in [0.1, 0.15) is 46.0 Å². The van der Waals surface area contributed by atoms with Crippen molar-refractivity contribution >= 4 is 10.1 Å². The molecule has 0 aliphatic carbocycles. The first-order chi connectivity index (χ1) is 9.91. The Morgan fingerprint density at radius 1 is 1.10 bits per heavy atom. The molecule has 0 bridgehead atoms. The van der Waals surface area contributed by atoms with E-state index < -0.39 is 10.1 Å². The maximum atomic E-state index is 11.1. The third-order valence-corrected chi connectivity index (χ3v) is 3.93. The topological polar surface area (TPSA) is 72.8 Å². The lowest BCUT2D eigenvalue weighted by molar-refractivity contribution is -0.209. The highest BCUT2D eigenvalue weighted by Crippen LogP contribution is 2.23. The number of unbranched alkanes of at least 4 members (excludes halogenated alkanes) is 3. The fourth-order valence-corrected chi connectivity index (χ4v) is 2.51. The van der Waals surface area contributed by atoms with Gasteiger partial charge in [-0.25, -0.2) is 0 Å². The Bertz CT molecular complexity index is 511. The van der Waals surface area contributed by atoms with Gasteiger partial charge in [0.15, 0.2) is 5.75 Å². The minimum absolute atomic E-state index is 0.000178. The molecular weight excluding hydrogens is 292 g/mol. The number of hydrogen-bond acceptors (Lipinski definition) is 4. The van der Waals surface area contributed by atoms with Crippen molar-refractivity contribution in [2.24, 2.45) is 5.92 Å². The Balaban J connectivity index is 2.25. The van der Waals surface area contributed by atoms with Gasteiger partial charge in [-0.3, -0.25) is 4.55 Å². The number of hydrogen-bond donors (Lipinski definition) is 1. The third kappa shape index (κ3) is 7.45. The Morgan fingerprint density at radius 2 is 1.76 bits per heavy atom. The molecule has 0 heterocycles. The van der Waals surface area contributed by atoms with E-state index in [-0.39, 0.29) is 10.6 Å². The Hall–Kier alpha value is -1.11. The Labute approximate surface area is 127 Å². The zero-order valence-corrected chi connectivity index (χ0v) is 13.4. The highest BCUT2D eigenvalue weighted by molar-refractivity contribution is 7.86. The van der Waals surface area contributed by atoms with E-state index in [2.05, 4.69) is 13.8 Å². The molecule has 0 aliphatic rings. The average Bonchev–Trinajstić information content (AvgIpc) is 2.41. The normalized spacial score (nSPS) is 11.8. The minimum atomic E-state index is -4.30. The standard InChI is InChI=1S/C15H24O5S/c1-13(2)9-5-3-4-8-12-19-20-14-10-6-7-11-15(14)21(16,17)18/h6-7,10-11,13H,3-5,8-9,12H2,1-2H3,(H,16,17,18). The van der Waals surface area contributed by atoms with E-state index in [0.29, 0.717) is 6.61 Å². The molecule has 0 radical (unpaired) electrons. The van der Waals surface area contributed by atoms with Gasteiger partial charge in [-0.1, -0.05) is 51.7 Å². The summed E-state index contributed by atoms with van der Waals surface area (Å²) < 4.78 is 31.3. The SMILES string of the molecule is CC(C)CCCCCCOOc1ccccc1S(=O)(=O)O. The summed E-state index contributed by atoms with van der Waals surface area (Å²) >= 11 is 0. The van der Waals surface area contributed by atoms with Crippen molar-refractivity contribution in [3.63, 3.8) is 0 Å². The first-order valence-electron chi connectivity index (χ1n) is 7.27. The van der Waals surface area contributed by atoms with Gasteiger partial charge in [0.1, 0.15) is 4.90 Å². The molecule has 1 rings (SSSR count). The number of benzene rings is 1. The highest BCUT2D eigenvalue weighted by Gasteiger charge is 2.16. The van der Waals surface area contributed by atoms with E-state index in [1.807, 2.05) is 0 Å². The largest absolute Gasteiger partial charge is 0.336 e. The Kier molecular flexibility index (Phi) is 7.71. The van der Waals surface area contributed by atoms with Crippen LogP contribution in [-0.2, 0) is 15.0 Å². The summed E-state index contributed by atoms with van der Waals surface area (Å²) in [4.78, 5) is 9.69. The minimum Gasteiger partial charge on any atom is -0.336 e. The second-order valence-electron chi connectivity index (χ2n) is 5.42. The van der Waals surface area contributed by atoms with Crippen LogP contribution in [0.5, 0.6) is 5.75 Å². The Morgan fingerprint density at radius 3 is 2.43 bits per heavy atom. The van der Waals surface area contributed by atoms with Crippen molar-refractivity contribution in [1.82, 2.24) is 0 Å². The zero-order valence-electron chi connectivity index (χ0n) is 12.6. The smallest absolute Gasteiger partial charge is 0.298 e. The highest BCUT2D eigenvalue weighted by atomic mass is 32.2. The van der Waals surface area contributed by atoms with E-state index in [4.69, 9.17) is 14.3 Å². The molecule has 0 atom stereocenters. The van der Waals surface area contributed by atoms with Gasteiger partial charge >= 0.3 is 0 Å². The molecule has 1 aromatic rings. The summed E-state index contributed by atoms with van der Waals surface area (Å²) in [5.74, 6) is 0.737. The molecule has 0 aliphatic heterocycles. The predicted octanol–water partition coefficient (Wildman–Crippen LogP) is 3.85. The molecule has 5 nitrogen and oxygen atoms in total. The second kappa shape index (κ2) is 9.02. The van der Waals surface area contributed by atoms with Crippen LogP contribution < -0.4 is 4.89 Å². The summed E-state index contributed by atoms with van der Waals surface area (Å²) in [6, 6.07) is 5.82. The van der Waals surface area contributed by atoms with Gasteiger partial charge in [0, 0.05) is 0 Å². The van der Waals surface area contributed by atoms with Crippen LogP contribution in [0, 0.1) is 5.92 Å². The van der Waals surface area contributed by atoms with Crippen LogP contribution >= 0.6 is 0 Å². The van der Waals surface area contributed by atoms with Crippen molar-refractivity contribution < 1.29 is 22.7 Å². The van der Waals surface area contributed by atoms with Crippen molar-refractivity contribution in [3.8, 4) is 5.75 Å².